The van der Waals surface area contributed by atoms with Gasteiger partial charge in [0.05, 0.1) is 5.69 Å². The number of hydrogen-bond acceptors (Lipinski definition) is 2. The molecule has 0 saturated carbocycles. The summed E-state index contributed by atoms with van der Waals surface area (Å²) >= 11 is 3.50. The summed E-state index contributed by atoms with van der Waals surface area (Å²) in [6, 6.07) is 9.94. The number of nitrogens with zero attached hydrogens (tertiary/aromatic N) is 2. The lowest BCUT2D eigenvalue weighted by molar-refractivity contribution is 1.06. The Labute approximate surface area is 91.2 Å². The van der Waals surface area contributed by atoms with Gasteiger partial charge in [-0.25, -0.2) is 9.97 Å². The van der Waals surface area contributed by atoms with E-state index >= 15 is 0 Å². The molecule has 2 nitrogen and oxygen atoms in total. The molecule has 70 valence electrons. The van der Waals surface area contributed by atoms with E-state index < -0.39 is 0 Å². The number of hydrogen-bond donors (Lipinski definition) is 0. The molecular formula is C11H9BrN2. The van der Waals surface area contributed by atoms with E-state index in [4.69, 9.17) is 0 Å². The minimum atomic E-state index is 0.790. The molecule has 0 atom stereocenters. The van der Waals surface area contributed by atoms with Gasteiger partial charge >= 0.3 is 0 Å². The van der Waals surface area contributed by atoms with Crippen molar-refractivity contribution >= 4 is 15.9 Å². The molecule has 2 aromatic rings. The number of aromatic nitrogens is 2. The highest BCUT2D eigenvalue weighted by molar-refractivity contribution is 9.10. The van der Waals surface area contributed by atoms with E-state index in [2.05, 4.69) is 25.9 Å². The molecule has 0 unspecified atom stereocenters. The van der Waals surface area contributed by atoms with Crippen LogP contribution in [0.4, 0.5) is 0 Å². The second-order valence-electron chi connectivity index (χ2n) is 2.97. The van der Waals surface area contributed by atoms with Crippen LogP contribution in [0.25, 0.3) is 11.3 Å². The van der Waals surface area contributed by atoms with Crippen LogP contribution in [-0.4, -0.2) is 9.97 Å². The highest BCUT2D eigenvalue weighted by Crippen LogP contribution is 2.25. The minimum absolute atomic E-state index is 0.790. The van der Waals surface area contributed by atoms with E-state index in [9.17, 15) is 0 Å². The van der Waals surface area contributed by atoms with Crippen molar-refractivity contribution in [2.75, 3.05) is 0 Å². The molecule has 0 radical (unpaired) electrons. The van der Waals surface area contributed by atoms with Crippen LogP contribution < -0.4 is 0 Å². The summed E-state index contributed by atoms with van der Waals surface area (Å²) in [7, 11) is 0. The number of benzene rings is 1. The Bertz CT molecular complexity index is 455. The summed E-state index contributed by atoms with van der Waals surface area (Å²) < 4.78 is 1.05. The van der Waals surface area contributed by atoms with Gasteiger partial charge in [-0.3, -0.25) is 0 Å². The predicted octanol–water partition coefficient (Wildman–Crippen LogP) is 3.21. The zero-order valence-corrected chi connectivity index (χ0v) is 9.32. The third-order valence-electron chi connectivity index (χ3n) is 1.93. The molecule has 0 fully saturated rings. The summed E-state index contributed by atoms with van der Waals surface area (Å²) in [5.74, 6) is 0.790. The van der Waals surface area contributed by atoms with Crippen molar-refractivity contribution in [3.63, 3.8) is 0 Å². The van der Waals surface area contributed by atoms with E-state index in [0.29, 0.717) is 0 Å². The standard InChI is InChI=1S/C11H9BrN2/c1-8-13-7-6-11(14-8)9-4-2-3-5-10(9)12/h2-7H,1H3. The Kier molecular flexibility index (Phi) is 2.59. The van der Waals surface area contributed by atoms with Gasteiger partial charge in [-0.1, -0.05) is 34.1 Å². The van der Waals surface area contributed by atoms with Crippen molar-refractivity contribution in [3.8, 4) is 11.3 Å². The SMILES string of the molecule is Cc1nccc(-c2ccccc2Br)n1. The van der Waals surface area contributed by atoms with Gasteiger partial charge in [0.15, 0.2) is 0 Å². The van der Waals surface area contributed by atoms with Gasteiger partial charge in [-0.15, -0.1) is 0 Å². The number of halogens is 1. The molecule has 0 amide bonds. The van der Waals surface area contributed by atoms with Gasteiger partial charge < -0.3 is 0 Å². The van der Waals surface area contributed by atoms with Gasteiger partial charge in [-0.05, 0) is 19.1 Å². The average molecular weight is 249 g/mol. The Balaban J connectivity index is 2.55. The Morgan fingerprint density at radius 1 is 1.14 bits per heavy atom. The molecule has 0 saturated heterocycles. The fourth-order valence-corrected chi connectivity index (χ4v) is 1.76. The van der Waals surface area contributed by atoms with Crippen LogP contribution in [0.3, 0.4) is 0 Å². The van der Waals surface area contributed by atoms with Crippen molar-refractivity contribution in [1.82, 2.24) is 9.97 Å². The van der Waals surface area contributed by atoms with Gasteiger partial charge in [0.2, 0.25) is 0 Å². The molecular weight excluding hydrogens is 240 g/mol. The van der Waals surface area contributed by atoms with Crippen molar-refractivity contribution in [2.45, 2.75) is 6.92 Å². The Morgan fingerprint density at radius 3 is 2.64 bits per heavy atom. The molecule has 0 spiro atoms. The van der Waals surface area contributed by atoms with Crippen LogP contribution in [0.1, 0.15) is 5.82 Å². The van der Waals surface area contributed by atoms with Crippen LogP contribution in [0, 0.1) is 6.92 Å². The van der Waals surface area contributed by atoms with Crippen LogP contribution in [0.5, 0.6) is 0 Å². The molecule has 14 heavy (non-hydrogen) atoms. The van der Waals surface area contributed by atoms with E-state index in [1.54, 1.807) is 6.20 Å². The van der Waals surface area contributed by atoms with Gasteiger partial charge in [0, 0.05) is 16.2 Å². The quantitative estimate of drug-likeness (QED) is 0.775. The molecule has 2 rings (SSSR count). The van der Waals surface area contributed by atoms with Crippen molar-refractivity contribution in [2.24, 2.45) is 0 Å². The molecule has 0 aliphatic heterocycles. The summed E-state index contributed by atoms with van der Waals surface area (Å²) in [6.07, 6.45) is 1.77. The Hall–Kier alpha value is -1.22. The van der Waals surface area contributed by atoms with Crippen LogP contribution in [0.15, 0.2) is 41.0 Å². The lowest BCUT2D eigenvalue weighted by Gasteiger charge is -2.03. The maximum Gasteiger partial charge on any atom is 0.125 e. The molecule has 0 bridgehead atoms. The predicted molar refractivity (Wildman–Crippen MR) is 59.9 cm³/mol. The van der Waals surface area contributed by atoms with Gasteiger partial charge in [-0.2, -0.15) is 0 Å². The van der Waals surface area contributed by atoms with Gasteiger partial charge in [0.25, 0.3) is 0 Å². The molecule has 1 aromatic carbocycles. The number of aryl methyl sites for hydroxylation is 1. The van der Waals surface area contributed by atoms with E-state index in [1.807, 2.05) is 37.3 Å². The summed E-state index contributed by atoms with van der Waals surface area (Å²) in [5, 5.41) is 0. The molecule has 0 aliphatic rings. The normalized spacial score (nSPS) is 10.1. The average Bonchev–Trinajstić information content (AvgIpc) is 2.18. The highest BCUT2D eigenvalue weighted by atomic mass is 79.9. The topological polar surface area (TPSA) is 25.8 Å². The second-order valence-corrected chi connectivity index (χ2v) is 3.82. The monoisotopic (exact) mass is 248 g/mol. The number of rotatable bonds is 1. The summed E-state index contributed by atoms with van der Waals surface area (Å²) in [4.78, 5) is 8.43. The smallest absolute Gasteiger partial charge is 0.125 e. The third-order valence-corrected chi connectivity index (χ3v) is 2.62. The van der Waals surface area contributed by atoms with E-state index in [0.717, 1.165) is 21.6 Å². The summed E-state index contributed by atoms with van der Waals surface area (Å²) in [6.45, 7) is 1.89. The minimum Gasteiger partial charge on any atom is -0.242 e. The molecule has 0 aliphatic carbocycles. The zero-order valence-electron chi connectivity index (χ0n) is 7.74. The largest absolute Gasteiger partial charge is 0.242 e. The lowest BCUT2D eigenvalue weighted by Crippen LogP contribution is -1.90. The molecule has 1 aromatic heterocycles. The molecule has 3 heteroatoms. The Morgan fingerprint density at radius 2 is 1.93 bits per heavy atom. The van der Waals surface area contributed by atoms with Crippen LogP contribution in [-0.2, 0) is 0 Å². The molecule has 1 heterocycles. The first-order valence-corrected chi connectivity index (χ1v) is 5.11. The van der Waals surface area contributed by atoms with E-state index in [-0.39, 0.29) is 0 Å². The van der Waals surface area contributed by atoms with Gasteiger partial charge in [0.1, 0.15) is 5.82 Å². The first-order chi connectivity index (χ1) is 6.77. The fraction of sp³-hybridized carbons (Fsp3) is 0.0909. The highest BCUT2D eigenvalue weighted by Gasteiger charge is 2.02. The van der Waals surface area contributed by atoms with Crippen LogP contribution >= 0.6 is 15.9 Å². The zero-order chi connectivity index (χ0) is 9.97. The summed E-state index contributed by atoms with van der Waals surface area (Å²) in [5.41, 5.74) is 2.04. The maximum absolute atomic E-state index is 4.36. The first kappa shape index (κ1) is 9.34. The lowest BCUT2D eigenvalue weighted by atomic mass is 10.1. The van der Waals surface area contributed by atoms with Crippen LogP contribution in [0.2, 0.25) is 0 Å². The maximum atomic E-state index is 4.36. The third kappa shape index (κ3) is 1.82. The fourth-order valence-electron chi connectivity index (χ4n) is 1.28. The van der Waals surface area contributed by atoms with E-state index in [1.165, 1.54) is 0 Å². The molecule has 0 N–H and O–H groups in total. The van der Waals surface area contributed by atoms with Crippen molar-refractivity contribution in [3.05, 3.63) is 46.8 Å². The first-order valence-electron chi connectivity index (χ1n) is 4.32. The van der Waals surface area contributed by atoms with Crippen molar-refractivity contribution < 1.29 is 0 Å². The van der Waals surface area contributed by atoms with Crippen molar-refractivity contribution in [1.29, 1.82) is 0 Å². The second kappa shape index (κ2) is 3.88.